The lowest BCUT2D eigenvalue weighted by atomic mass is 10.3. The van der Waals surface area contributed by atoms with E-state index >= 15 is 0 Å². The summed E-state index contributed by atoms with van der Waals surface area (Å²) in [5.41, 5.74) is 0. The van der Waals surface area contributed by atoms with Crippen LogP contribution in [0.3, 0.4) is 0 Å². The second kappa shape index (κ2) is 7.44. The van der Waals surface area contributed by atoms with Crippen LogP contribution in [0.5, 0.6) is 17.5 Å². The third-order valence-electron chi connectivity index (χ3n) is 2.79. The standard InChI is InChI=1S/C16H21N5O2/c1-6-11-22-12-7-9-13(10-8-12)23-16-18-14(20(2)3)17-15(19-16)21(4)5/h6-10H,1,11H2,2-5H3. The SMILES string of the molecule is C=CCOc1ccc(Oc2nc(N(C)C)nc(N(C)C)n2)cc1. The maximum absolute atomic E-state index is 5.73. The van der Waals surface area contributed by atoms with E-state index in [0.29, 0.717) is 24.3 Å². The molecule has 0 bridgehead atoms. The zero-order valence-corrected chi connectivity index (χ0v) is 13.9. The van der Waals surface area contributed by atoms with Crippen molar-refractivity contribution in [2.24, 2.45) is 0 Å². The van der Waals surface area contributed by atoms with Gasteiger partial charge in [-0.3, -0.25) is 0 Å². The molecular weight excluding hydrogens is 294 g/mol. The van der Waals surface area contributed by atoms with Crippen molar-refractivity contribution < 1.29 is 9.47 Å². The molecule has 0 fully saturated rings. The van der Waals surface area contributed by atoms with E-state index in [9.17, 15) is 0 Å². The van der Waals surface area contributed by atoms with Crippen LogP contribution in [0.4, 0.5) is 11.9 Å². The average molecular weight is 315 g/mol. The molecule has 0 saturated heterocycles. The highest BCUT2D eigenvalue weighted by molar-refractivity contribution is 5.39. The van der Waals surface area contributed by atoms with Crippen LogP contribution in [0.25, 0.3) is 0 Å². The van der Waals surface area contributed by atoms with E-state index in [-0.39, 0.29) is 6.01 Å². The molecule has 0 atom stereocenters. The number of hydrogen-bond acceptors (Lipinski definition) is 7. The lowest BCUT2D eigenvalue weighted by molar-refractivity contribution is 0.362. The van der Waals surface area contributed by atoms with Crippen LogP contribution < -0.4 is 19.3 Å². The summed E-state index contributed by atoms with van der Waals surface area (Å²) in [4.78, 5) is 16.5. The van der Waals surface area contributed by atoms with E-state index in [0.717, 1.165) is 5.75 Å². The van der Waals surface area contributed by atoms with E-state index in [1.807, 2.05) is 40.3 Å². The molecule has 7 heteroatoms. The Morgan fingerprint density at radius 2 is 1.43 bits per heavy atom. The highest BCUT2D eigenvalue weighted by Gasteiger charge is 2.11. The first-order valence-corrected chi connectivity index (χ1v) is 7.12. The minimum atomic E-state index is 0.243. The Hall–Kier alpha value is -2.83. The molecule has 0 saturated carbocycles. The number of ether oxygens (including phenoxy) is 2. The molecule has 1 aromatic heterocycles. The van der Waals surface area contributed by atoms with Gasteiger partial charge in [0, 0.05) is 28.2 Å². The van der Waals surface area contributed by atoms with E-state index in [4.69, 9.17) is 9.47 Å². The van der Waals surface area contributed by atoms with E-state index in [1.54, 1.807) is 28.0 Å². The van der Waals surface area contributed by atoms with Gasteiger partial charge in [-0.05, 0) is 24.3 Å². The molecule has 0 spiro atoms. The molecule has 2 aromatic rings. The molecular formula is C16H21N5O2. The van der Waals surface area contributed by atoms with Gasteiger partial charge in [0.2, 0.25) is 11.9 Å². The molecule has 23 heavy (non-hydrogen) atoms. The van der Waals surface area contributed by atoms with Gasteiger partial charge in [0.1, 0.15) is 18.1 Å². The minimum Gasteiger partial charge on any atom is -0.490 e. The predicted molar refractivity (Wildman–Crippen MR) is 90.7 cm³/mol. The fraction of sp³-hybridized carbons (Fsp3) is 0.312. The van der Waals surface area contributed by atoms with Crippen LogP contribution in [-0.2, 0) is 0 Å². The van der Waals surface area contributed by atoms with E-state index in [1.165, 1.54) is 0 Å². The lowest BCUT2D eigenvalue weighted by Crippen LogP contribution is -2.19. The number of anilines is 2. The van der Waals surface area contributed by atoms with E-state index in [2.05, 4.69) is 21.5 Å². The van der Waals surface area contributed by atoms with Gasteiger partial charge in [-0.15, -0.1) is 0 Å². The second-order valence-electron chi connectivity index (χ2n) is 5.18. The van der Waals surface area contributed by atoms with Crippen LogP contribution in [0.1, 0.15) is 0 Å². The van der Waals surface area contributed by atoms with Crippen molar-refractivity contribution in [3.8, 4) is 17.5 Å². The Kier molecular flexibility index (Phi) is 5.35. The number of hydrogen-bond donors (Lipinski definition) is 0. The van der Waals surface area contributed by atoms with Gasteiger partial charge in [0.15, 0.2) is 0 Å². The molecule has 2 rings (SSSR count). The molecule has 122 valence electrons. The fourth-order valence-corrected chi connectivity index (χ4v) is 1.65. The summed E-state index contributed by atoms with van der Waals surface area (Å²) in [6.45, 7) is 4.08. The second-order valence-corrected chi connectivity index (χ2v) is 5.18. The Morgan fingerprint density at radius 1 is 0.913 bits per heavy atom. The first-order valence-electron chi connectivity index (χ1n) is 7.12. The maximum atomic E-state index is 5.73. The molecule has 0 N–H and O–H groups in total. The molecule has 0 radical (unpaired) electrons. The summed E-state index contributed by atoms with van der Waals surface area (Å²) in [6.07, 6.45) is 1.70. The number of nitrogens with zero attached hydrogens (tertiary/aromatic N) is 5. The highest BCUT2D eigenvalue weighted by atomic mass is 16.5. The Labute approximate surface area is 136 Å². The van der Waals surface area contributed by atoms with Gasteiger partial charge in [0.25, 0.3) is 0 Å². The van der Waals surface area contributed by atoms with Crippen molar-refractivity contribution in [3.05, 3.63) is 36.9 Å². The zero-order chi connectivity index (χ0) is 16.8. The summed E-state index contributed by atoms with van der Waals surface area (Å²) in [5.74, 6) is 2.43. The quantitative estimate of drug-likeness (QED) is 0.727. The molecule has 0 aliphatic carbocycles. The van der Waals surface area contributed by atoms with Crippen molar-refractivity contribution in [2.75, 3.05) is 44.6 Å². The van der Waals surface area contributed by atoms with Gasteiger partial charge in [0.05, 0.1) is 0 Å². The normalized spacial score (nSPS) is 10.1. The molecule has 0 aliphatic heterocycles. The van der Waals surface area contributed by atoms with Gasteiger partial charge < -0.3 is 19.3 Å². The summed E-state index contributed by atoms with van der Waals surface area (Å²) in [5, 5.41) is 0. The van der Waals surface area contributed by atoms with Gasteiger partial charge >= 0.3 is 6.01 Å². The van der Waals surface area contributed by atoms with Crippen LogP contribution in [0, 0.1) is 0 Å². The van der Waals surface area contributed by atoms with Crippen LogP contribution in [-0.4, -0.2) is 49.7 Å². The van der Waals surface area contributed by atoms with Crippen LogP contribution >= 0.6 is 0 Å². The summed E-state index contributed by atoms with van der Waals surface area (Å²) >= 11 is 0. The zero-order valence-electron chi connectivity index (χ0n) is 13.9. The molecule has 0 unspecified atom stereocenters. The molecule has 1 heterocycles. The summed E-state index contributed by atoms with van der Waals surface area (Å²) in [7, 11) is 7.46. The van der Waals surface area contributed by atoms with Gasteiger partial charge in [-0.1, -0.05) is 12.7 Å². The van der Waals surface area contributed by atoms with Gasteiger partial charge in [-0.25, -0.2) is 0 Å². The first kappa shape index (κ1) is 16.5. The maximum Gasteiger partial charge on any atom is 0.328 e. The van der Waals surface area contributed by atoms with Crippen LogP contribution in [0.2, 0.25) is 0 Å². The fourth-order valence-electron chi connectivity index (χ4n) is 1.65. The monoisotopic (exact) mass is 315 g/mol. The largest absolute Gasteiger partial charge is 0.490 e. The van der Waals surface area contributed by atoms with Gasteiger partial charge in [-0.2, -0.15) is 15.0 Å². The predicted octanol–water partition coefficient (Wildman–Crippen LogP) is 2.36. The third-order valence-corrected chi connectivity index (χ3v) is 2.79. The number of aromatic nitrogens is 3. The summed E-state index contributed by atoms with van der Waals surface area (Å²) < 4.78 is 11.2. The van der Waals surface area contributed by atoms with Crippen molar-refractivity contribution in [3.63, 3.8) is 0 Å². The van der Waals surface area contributed by atoms with Crippen LogP contribution in [0.15, 0.2) is 36.9 Å². The van der Waals surface area contributed by atoms with E-state index < -0.39 is 0 Å². The highest BCUT2D eigenvalue weighted by Crippen LogP contribution is 2.23. The smallest absolute Gasteiger partial charge is 0.328 e. The van der Waals surface area contributed by atoms with Crippen molar-refractivity contribution in [1.82, 2.24) is 15.0 Å². The molecule has 1 aromatic carbocycles. The molecule has 0 aliphatic rings. The third kappa shape index (κ3) is 4.57. The minimum absolute atomic E-state index is 0.243. The van der Waals surface area contributed by atoms with Crippen molar-refractivity contribution in [2.45, 2.75) is 0 Å². The average Bonchev–Trinajstić information content (AvgIpc) is 2.53. The number of rotatable bonds is 7. The lowest BCUT2D eigenvalue weighted by Gasteiger charge is -2.16. The molecule has 0 amide bonds. The van der Waals surface area contributed by atoms with Crippen molar-refractivity contribution in [1.29, 1.82) is 0 Å². The first-order chi connectivity index (χ1) is 11.0. The topological polar surface area (TPSA) is 63.6 Å². The Morgan fingerprint density at radius 3 is 1.91 bits per heavy atom. The summed E-state index contributed by atoms with van der Waals surface area (Å²) in [6, 6.07) is 7.48. The number of benzene rings is 1. The van der Waals surface area contributed by atoms with Crippen molar-refractivity contribution >= 4 is 11.9 Å². The Balaban J connectivity index is 2.19. The Bertz CT molecular complexity index is 630. The molecule has 7 nitrogen and oxygen atoms in total.